The van der Waals surface area contributed by atoms with Gasteiger partial charge in [-0.15, -0.1) is 0 Å². The lowest BCUT2D eigenvalue weighted by atomic mass is 10.3. The third-order valence-electron chi connectivity index (χ3n) is 0.885. The maximum atomic E-state index is 12.4. The van der Waals surface area contributed by atoms with E-state index in [0.717, 1.165) is 0 Å². The van der Waals surface area contributed by atoms with E-state index in [-0.39, 0.29) is 4.47 Å². The molecule has 0 N–H and O–H groups in total. The van der Waals surface area contributed by atoms with Crippen molar-refractivity contribution < 1.29 is 14.5 Å². The lowest BCUT2D eigenvalue weighted by Crippen LogP contribution is -1.88. The number of hydrogen-bond acceptors (Lipinski definition) is 0. The van der Waals surface area contributed by atoms with Crippen molar-refractivity contribution in [3.8, 4) is 0 Å². The topological polar surface area (TPSA) is 0 Å². The van der Waals surface area contributed by atoms with Crippen molar-refractivity contribution in [1.29, 1.82) is 0 Å². The second kappa shape index (κ2) is 2.62. The van der Waals surface area contributed by atoms with Gasteiger partial charge >= 0.3 is 0 Å². The Bertz CT molecular complexity index is 274. The van der Waals surface area contributed by atoms with Gasteiger partial charge in [0.25, 0.3) is 0 Å². The highest BCUT2D eigenvalue weighted by Crippen LogP contribution is 2.17. The van der Waals surface area contributed by atoms with Gasteiger partial charge in [0.15, 0.2) is 17.5 Å². The lowest BCUT2D eigenvalue weighted by Gasteiger charge is -1.94. The Kier molecular flexibility index (Phi) is 1.63. The molecule has 0 fully saturated rings. The molecule has 0 heterocycles. The van der Waals surface area contributed by atoms with Gasteiger partial charge in [0.2, 0.25) is 0 Å². The SMILES string of the molecule is [2H]c1c(Br)cc(F)c(F)c1F. The highest BCUT2D eigenvalue weighted by atomic mass is 79.9. The summed E-state index contributed by atoms with van der Waals surface area (Å²) in [5, 5.41) is 0. The smallest absolute Gasteiger partial charge is 0.194 e. The minimum absolute atomic E-state index is 0.103. The minimum atomic E-state index is -1.61. The molecule has 0 aliphatic rings. The molecule has 0 aromatic heterocycles. The third-order valence-corrected chi connectivity index (χ3v) is 1.31. The van der Waals surface area contributed by atoms with Crippen LogP contribution in [-0.2, 0) is 0 Å². The molecule has 4 heteroatoms. The van der Waals surface area contributed by atoms with Crippen molar-refractivity contribution in [2.45, 2.75) is 0 Å². The van der Waals surface area contributed by atoms with Crippen LogP contribution in [0, 0.1) is 17.5 Å². The van der Waals surface area contributed by atoms with Gasteiger partial charge in [-0.3, -0.25) is 0 Å². The van der Waals surface area contributed by atoms with E-state index in [1.54, 1.807) is 0 Å². The van der Waals surface area contributed by atoms with Crippen LogP contribution in [0.2, 0.25) is 0 Å². The lowest BCUT2D eigenvalue weighted by molar-refractivity contribution is 0.446. The van der Waals surface area contributed by atoms with Crippen LogP contribution >= 0.6 is 15.9 Å². The fraction of sp³-hybridized carbons (Fsp3) is 0. The van der Waals surface area contributed by atoms with Gasteiger partial charge in [0.05, 0.1) is 1.37 Å². The quantitative estimate of drug-likeness (QED) is 0.458. The molecule has 0 amide bonds. The first kappa shape index (κ1) is 6.22. The zero-order valence-electron chi connectivity index (χ0n) is 5.59. The molecule has 1 rings (SSSR count). The van der Waals surface area contributed by atoms with Gasteiger partial charge in [-0.05, 0) is 12.1 Å². The van der Waals surface area contributed by atoms with E-state index in [9.17, 15) is 13.2 Å². The van der Waals surface area contributed by atoms with Crippen LogP contribution in [0.15, 0.2) is 16.6 Å². The summed E-state index contributed by atoms with van der Waals surface area (Å²) in [6.45, 7) is 0. The molecule has 0 unspecified atom stereocenters. The Morgan fingerprint density at radius 1 is 1.30 bits per heavy atom. The van der Waals surface area contributed by atoms with Gasteiger partial charge in [0.1, 0.15) is 0 Å². The fourth-order valence-corrected chi connectivity index (χ4v) is 0.850. The third kappa shape index (κ3) is 1.31. The molecule has 0 radical (unpaired) electrons. The molecule has 0 bridgehead atoms. The van der Waals surface area contributed by atoms with Crippen LogP contribution in [0.3, 0.4) is 0 Å². The Morgan fingerprint density at radius 3 is 2.50 bits per heavy atom. The molecule has 0 atom stereocenters. The van der Waals surface area contributed by atoms with Crippen molar-refractivity contribution >= 4 is 15.9 Å². The van der Waals surface area contributed by atoms with Crippen LogP contribution in [0.4, 0.5) is 13.2 Å². The van der Waals surface area contributed by atoms with E-state index in [2.05, 4.69) is 15.9 Å². The number of hydrogen-bond donors (Lipinski definition) is 0. The summed E-state index contributed by atoms with van der Waals surface area (Å²) in [5.41, 5.74) is 0. The molecule has 10 heavy (non-hydrogen) atoms. The van der Waals surface area contributed by atoms with Gasteiger partial charge in [-0.1, -0.05) is 15.9 Å². The summed E-state index contributed by atoms with van der Waals surface area (Å²) in [4.78, 5) is 0. The Labute approximate surface area is 65.2 Å². The van der Waals surface area contributed by atoms with Gasteiger partial charge in [-0.2, -0.15) is 0 Å². The van der Waals surface area contributed by atoms with Crippen LogP contribution < -0.4 is 0 Å². The molecule has 0 aliphatic heterocycles. The van der Waals surface area contributed by atoms with Crippen LogP contribution in [0.1, 0.15) is 1.37 Å². The Balaban J connectivity index is 3.46. The first-order valence-electron chi connectivity index (χ1n) is 2.83. The maximum absolute atomic E-state index is 12.4. The molecule has 0 saturated carbocycles. The van der Waals surface area contributed by atoms with Crippen molar-refractivity contribution in [2.75, 3.05) is 0 Å². The first-order chi connectivity index (χ1) is 5.04. The Hall–Kier alpha value is -0.510. The summed E-state index contributed by atoms with van der Waals surface area (Å²) >= 11 is 2.70. The largest absolute Gasteiger partial charge is 0.204 e. The summed E-state index contributed by atoms with van der Waals surface area (Å²) < 4.78 is 43.7. The van der Waals surface area contributed by atoms with Gasteiger partial charge in [0, 0.05) is 4.47 Å². The predicted molar refractivity (Wildman–Crippen MR) is 34.0 cm³/mol. The van der Waals surface area contributed by atoms with Crippen molar-refractivity contribution in [3.05, 3.63) is 34.0 Å². The number of halogens is 4. The van der Waals surface area contributed by atoms with Crippen LogP contribution in [-0.4, -0.2) is 0 Å². The minimum Gasteiger partial charge on any atom is -0.204 e. The summed E-state index contributed by atoms with van der Waals surface area (Å²) in [7, 11) is 0. The highest BCUT2D eigenvalue weighted by molar-refractivity contribution is 9.10. The first-order valence-corrected chi connectivity index (χ1v) is 3.13. The number of rotatable bonds is 0. The fourth-order valence-electron chi connectivity index (χ4n) is 0.475. The average Bonchev–Trinajstić information content (AvgIpc) is 1.97. The van der Waals surface area contributed by atoms with Crippen molar-refractivity contribution in [3.63, 3.8) is 0 Å². The normalized spacial score (nSPS) is 11.4. The summed E-state index contributed by atoms with van der Waals surface area (Å²) in [5.74, 6) is -4.39. The van der Waals surface area contributed by atoms with E-state index in [1.807, 2.05) is 0 Å². The second-order valence-electron chi connectivity index (χ2n) is 1.59. The molecule has 1 aromatic rings. The maximum Gasteiger partial charge on any atom is 0.194 e. The molecule has 0 spiro atoms. The molecular formula is C6H2BrF3. The molecule has 0 nitrogen and oxygen atoms in total. The molecule has 0 saturated heterocycles. The standard InChI is InChI=1S/C6H2BrF3/c7-3-1-4(8)6(10)5(9)2-3/h1-2H/i1D. The van der Waals surface area contributed by atoms with Crippen LogP contribution in [0.5, 0.6) is 0 Å². The molecular weight excluding hydrogens is 209 g/mol. The van der Waals surface area contributed by atoms with E-state index in [4.69, 9.17) is 1.37 Å². The van der Waals surface area contributed by atoms with E-state index in [1.165, 1.54) is 0 Å². The highest BCUT2D eigenvalue weighted by Gasteiger charge is 2.08. The monoisotopic (exact) mass is 211 g/mol. The van der Waals surface area contributed by atoms with Crippen molar-refractivity contribution in [1.82, 2.24) is 0 Å². The summed E-state index contributed by atoms with van der Waals surface area (Å²) in [6, 6.07) is 0.0321. The van der Waals surface area contributed by atoms with Crippen LogP contribution in [0.25, 0.3) is 0 Å². The molecule has 1 aromatic carbocycles. The van der Waals surface area contributed by atoms with E-state index >= 15 is 0 Å². The molecule has 54 valence electrons. The predicted octanol–water partition coefficient (Wildman–Crippen LogP) is 2.87. The zero-order valence-corrected chi connectivity index (χ0v) is 6.18. The molecule has 0 aliphatic carbocycles. The van der Waals surface area contributed by atoms with E-state index in [0.29, 0.717) is 6.07 Å². The van der Waals surface area contributed by atoms with E-state index < -0.39 is 23.5 Å². The zero-order chi connectivity index (χ0) is 8.59. The average molecular weight is 212 g/mol. The van der Waals surface area contributed by atoms with Crippen molar-refractivity contribution in [2.24, 2.45) is 0 Å². The summed E-state index contributed by atoms with van der Waals surface area (Å²) in [6.07, 6.45) is 0. The Morgan fingerprint density at radius 2 is 1.90 bits per heavy atom. The van der Waals surface area contributed by atoms with Gasteiger partial charge in [-0.25, -0.2) is 13.2 Å². The number of benzene rings is 1. The van der Waals surface area contributed by atoms with Gasteiger partial charge < -0.3 is 0 Å². The second-order valence-corrected chi connectivity index (χ2v) is 2.45.